The molecule has 0 radical (unpaired) electrons. The van der Waals surface area contributed by atoms with Crippen molar-refractivity contribution in [2.75, 3.05) is 6.54 Å². The number of aliphatic hydroxyl groups is 1. The number of pyridine rings is 1. The van der Waals surface area contributed by atoms with Gasteiger partial charge in [0.05, 0.1) is 0 Å². The van der Waals surface area contributed by atoms with Crippen molar-refractivity contribution in [3.8, 4) is 0 Å². The van der Waals surface area contributed by atoms with Crippen LogP contribution in [0.15, 0.2) is 24.5 Å². The number of aromatic nitrogens is 1. The Morgan fingerprint density at radius 3 is 2.91 bits per heavy atom. The summed E-state index contributed by atoms with van der Waals surface area (Å²) in [5.74, 6) is 0. The van der Waals surface area contributed by atoms with Crippen LogP contribution in [0.25, 0.3) is 0 Å². The van der Waals surface area contributed by atoms with E-state index in [2.05, 4.69) is 4.98 Å². The van der Waals surface area contributed by atoms with Crippen LogP contribution in [0, 0.1) is 0 Å². The molecule has 1 atom stereocenters. The second kappa shape index (κ2) is 2.98. The average molecular weight is 152 g/mol. The average Bonchev–Trinajstić information content (AvgIpc) is 2.06. The van der Waals surface area contributed by atoms with Gasteiger partial charge in [-0.05, 0) is 13.0 Å². The van der Waals surface area contributed by atoms with E-state index in [1.807, 2.05) is 0 Å². The molecule has 0 aromatic carbocycles. The highest BCUT2D eigenvalue weighted by Crippen LogP contribution is 2.16. The maximum absolute atomic E-state index is 9.63. The van der Waals surface area contributed by atoms with Crippen molar-refractivity contribution in [1.29, 1.82) is 0 Å². The van der Waals surface area contributed by atoms with Crippen LogP contribution in [-0.2, 0) is 5.60 Å². The van der Waals surface area contributed by atoms with Gasteiger partial charge in [-0.2, -0.15) is 0 Å². The maximum Gasteiger partial charge on any atom is 0.100 e. The Morgan fingerprint density at radius 2 is 2.45 bits per heavy atom. The minimum atomic E-state index is -0.950. The lowest BCUT2D eigenvalue weighted by Crippen LogP contribution is -2.31. The molecule has 0 unspecified atom stereocenters. The third-order valence-electron chi connectivity index (χ3n) is 1.68. The van der Waals surface area contributed by atoms with Gasteiger partial charge in [0, 0.05) is 24.5 Å². The normalized spacial score (nSPS) is 15.9. The molecule has 11 heavy (non-hydrogen) atoms. The summed E-state index contributed by atoms with van der Waals surface area (Å²) in [5.41, 5.74) is 5.16. The van der Waals surface area contributed by atoms with Crippen molar-refractivity contribution in [1.82, 2.24) is 4.98 Å². The molecule has 0 fully saturated rings. The molecule has 3 nitrogen and oxygen atoms in total. The van der Waals surface area contributed by atoms with Gasteiger partial charge in [-0.3, -0.25) is 4.98 Å². The Bertz CT molecular complexity index is 221. The Balaban J connectivity index is 2.93. The minimum Gasteiger partial charge on any atom is -0.384 e. The van der Waals surface area contributed by atoms with Crippen LogP contribution in [0.3, 0.4) is 0 Å². The van der Waals surface area contributed by atoms with Crippen LogP contribution in [0.2, 0.25) is 0 Å². The zero-order chi connectivity index (χ0) is 8.32. The van der Waals surface area contributed by atoms with Crippen LogP contribution >= 0.6 is 0 Å². The largest absolute Gasteiger partial charge is 0.384 e. The van der Waals surface area contributed by atoms with E-state index >= 15 is 0 Å². The third kappa shape index (κ3) is 1.76. The number of hydrogen-bond donors (Lipinski definition) is 2. The monoisotopic (exact) mass is 152 g/mol. The van der Waals surface area contributed by atoms with Gasteiger partial charge in [0.1, 0.15) is 5.60 Å². The van der Waals surface area contributed by atoms with Crippen molar-refractivity contribution in [2.24, 2.45) is 5.73 Å². The van der Waals surface area contributed by atoms with Gasteiger partial charge >= 0.3 is 0 Å². The predicted octanol–water partition coefficient (Wildman–Crippen LogP) is 0.248. The highest BCUT2D eigenvalue weighted by atomic mass is 16.3. The van der Waals surface area contributed by atoms with Crippen molar-refractivity contribution in [2.45, 2.75) is 12.5 Å². The second-order valence-corrected chi connectivity index (χ2v) is 2.72. The molecular formula is C8H12N2O. The van der Waals surface area contributed by atoms with Gasteiger partial charge in [0.2, 0.25) is 0 Å². The molecular weight excluding hydrogens is 140 g/mol. The number of nitrogens with zero attached hydrogens (tertiary/aromatic N) is 1. The molecule has 0 aliphatic carbocycles. The molecule has 1 rings (SSSR count). The molecule has 1 aromatic rings. The van der Waals surface area contributed by atoms with E-state index in [1.54, 1.807) is 31.5 Å². The third-order valence-corrected chi connectivity index (χ3v) is 1.68. The summed E-state index contributed by atoms with van der Waals surface area (Å²) < 4.78 is 0. The molecule has 1 aromatic heterocycles. The summed E-state index contributed by atoms with van der Waals surface area (Å²) in [6.45, 7) is 1.88. The highest BCUT2D eigenvalue weighted by molar-refractivity contribution is 5.16. The van der Waals surface area contributed by atoms with Crippen molar-refractivity contribution in [3.05, 3.63) is 30.1 Å². The molecule has 1 heterocycles. The smallest absolute Gasteiger partial charge is 0.100 e. The van der Waals surface area contributed by atoms with Crippen molar-refractivity contribution in [3.63, 3.8) is 0 Å². The van der Waals surface area contributed by atoms with Crippen molar-refractivity contribution >= 4 is 0 Å². The van der Waals surface area contributed by atoms with Crippen LogP contribution in [0.1, 0.15) is 12.5 Å². The quantitative estimate of drug-likeness (QED) is 0.638. The lowest BCUT2D eigenvalue weighted by Gasteiger charge is -2.20. The first kappa shape index (κ1) is 8.17. The first-order valence-corrected chi connectivity index (χ1v) is 3.50. The van der Waals surface area contributed by atoms with E-state index in [4.69, 9.17) is 5.73 Å². The van der Waals surface area contributed by atoms with Gasteiger partial charge in [0.15, 0.2) is 0 Å². The molecule has 0 aliphatic heterocycles. The van der Waals surface area contributed by atoms with Crippen molar-refractivity contribution < 1.29 is 5.11 Å². The Kier molecular flexibility index (Phi) is 2.22. The summed E-state index contributed by atoms with van der Waals surface area (Å²) >= 11 is 0. The van der Waals surface area contributed by atoms with E-state index in [1.165, 1.54) is 0 Å². The van der Waals surface area contributed by atoms with Crippen LogP contribution in [-0.4, -0.2) is 16.6 Å². The lowest BCUT2D eigenvalue weighted by atomic mass is 9.98. The molecule has 0 aliphatic rings. The SMILES string of the molecule is C[C@](O)(CN)c1cccnc1. The summed E-state index contributed by atoms with van der Waals surface area (Å²) in [7, 11) is 0. The van der Waals surface area contributed by atoms with E-state index in [0.29, 0.717) is 0 Å². The van der Waals surface area contributed by atoms with E-state index in [9.17, 15) is 5.11 Å². The van der Waals surface area contributed by atoms with Gasteiger partial charge in [-0.25, -0.2) is 0 Å². The van der Waals surface area contributed by atoms with Gasteiger partial charge < -0.3 is 10.8 Å². The number of rotatable bonds is 2. The zero-order valence-corrected chi connectivity index (χ0v) is 6.49. The zero-order valence-electron chi connectivity index (χ0n) is 6.49. The predicted molar refractivity (Wildman–Crippen MR) is 42.9 cm³/mol. The highest BCUT2D eigenvalue weighted by Gasteiger charge is 2.20. The van der Waals surface area contributed by atoms with Crippen LogP contribution < -0.4 is 5.73 Å². The number of hydrogen-bond acceptors (Lipinski definition) is 3. The molecule has 0 saturated carbocycles. The topological polar surface area (TPSA) is 59.1 Å². The van der Waals surface area contributed by atoms with Gasteiger partial charge in [-0.15, -0.1) is 0 Å². The first-order valence-electron chi connectivity index (χ1n) is 3.50. The Hall–Kier alpha value is -0.930. The van der Waals surface area contributed by atoms with Crippen LogP contribution in [0.4, 0.5) is 0 Å². The van der Waals surface area contributed by atoms with Gasteiger partial charge in [0.25, 0.3) is 0 Å². The fourth-order valence-electron chi connectivity index (χ4n) is 0.799. The summed E-state index contributed by atoms with van der Waals surface area (Å²) in [6, 6.07) is 3.58. The van der Waals surface area contributed by atoms with E-state index in [-0.39, 0.29) is 6.54 Å². The molecule has 0 bridgehead atoms. The first-order chi connectivity index (χ1) is 5.17. The molecule has 3 N–H and O–H groups in total. The van der Waals surface area contributed by atoms with E-state index < -0.39 is 5.60 Å². The lowest BCUT2D eigenvalue weighted by molar-refractivity contribution is 0.0665. The molecule has 3 heteroatoms. The Labute approximate surface area is 65.9 Å². The standard InChI is InChI=1S/C8H12N2O/c1-8(11,6-9)7-3-2-4-10-5-7/h2-5,11H,6,9H2,1H3/t8-/m0/s1. The van der Waals surface area contributed by atoms with E-state index in [0.717, 1.165) is 5.56 Å². The Morgan fingerprint density at radius 1 is 1.73 bits per heavy atom. The minimum absolute atomic E-state index is 0.207. The number of nitrogens with two attached hydrogens (primary N) is 1. The molecule has 0 saturated heterocycles. The maximum atomic E-state index is 9.63. The molecule has 60 valence electrons. The van der Waals surface area contributed by atoms with Crippen LogP contribution in [0.5, 0.6) is 0 Å². The summed E-state index contributed by atoms with van der Waals surface area (Å²) in [4.78, 5) is 3.88. The fourth-order valence-corrected chi connectivity index (χ4v) is 0.799. The summed E-state index contributed by atoms with van der Waals surface area (Å²) in [6.07, 6.45) is 3.28. The molecule has 0 spiro atoms. The fraction of sp³-hybridized carbons (Fsp3) is 0.375. The molecule has 0 amide bonds. The summed E-state index contributed by atoms with van der Waals surface area (Å²) in [5, 5.41) is 9.63. The van der Waals surface area contributed by atoms with Gasteiger partial charge in [-0.1, -0.05) is 6.07 Å². The second-order valence-electron chi connectivity index (χ2n) is 2.72.